The quantitative estimate of drug-likeness (QED) is 0.740. The normalized spacial score (nSPS) is 10.8. The summed E-state index contributed by atoms with van der Waals surface area (Å²) in [5, 5.41) is 4.44. The number of nitrogens with two attached hydrogens (primary N) is 1. The highest BCUT2D eigenvalue weighted by Gasteiger charge is 2.04. The number of hydrogen-bond donors (Lipinski definition) is 1. The Morgan fingerprint density at radius 1 is 1.05 bits per heavy atom. The maximum absolute atomic E-state index is 5.71. The lowest BCUT2D eigenvalue weighted by molar-refractivity contribution is 0.695. The molecule has 20 heavy (non-hydrogen) atoms. The molecule has 4 heteroatoms. The van der Waals surface area contributed by atoms with Crippen LogP contribution < -0.4 is 5.73 Å². The molecule has 3 aromatic rings. The Labute approximate surface area is 122 Å². The second-order valence-electron chi connectivity index (χ2n) is 4.77. The molecule has 0 aliphatic heterocycles. The van der Waals surface area contributed by atoms with Gasteiger partial charge < -0.3 is 5.73 Å². The first-order valence-corrected chi connectivity index (χ1v) is 7.52. The van der Waals surface area contributed by atoms with Gasteiger partial charge in [-0.2, -0.15) is 5.10 Å². The van der Waals surface area contributed by atoms with Gasteiger partial charge in [-0.3, -0.25) is 4.68 Å². The third-order valence-electron chi connectivity index (χ3n) is 3.26. The zero-order valence-corrected chi connectivity index (χ0v) is 12.2. The SMILES string of the molecule is CCc1ccc(Cn2cc(-c3ccc(N)cc3)cn2)s1. The number of nitrogen functional groups attached to an aromatic ring is 1. The molecule has 2 aromatic heterocycles. The summed E-state index contributed by atoms with van der Waals surface area (Å²) in [4.78, 5) is 2.76. The predicted octanol–water partition coefficient (Wildman–Crippen LogP) is 3.80. The number of benzene rings is 1. The van der Waals surface area contributed by atoms with Crippen molar-refractivity contribution >= 4 is 17.0 Å². The summed E-state index contributed by atoms with van der Waals surface area (Å²) in [5.74, 6) is 0. The summed E-state index contributed by atoms with van der Waals surface area (Å²) in [7, 11) is 0. The van der Waals surface area contributed by atoms with Crippen molar-refractivity contribution in [1.82, 2.24) is 9.78 Å². The fourth-order valence-corrected chi connectivity index (χ4v) is 3.08. The number of aryl methyl sites for hydroxylation is 1. The van der Waals surface area contributed by atoms with Crippen molar-refractivity contribution in [3.05, 3.63) is 58.5 Å². The molecule has 0 bridgehead atoms. The molecule has 102 valence electrons. The molecule has 0 fully saturated rings. The van der Waals surface area contributed by atoms with E-state index < -0.39 is 0 Å². The van der Waals surface area contributed by atoms with Crippen LogP contribution in [0.2, 0.25) is 0 Å². The van der Waals surface area contributed by atoms with E-state index >= 15 is 0 Å². The predicted molar refractivity (Wildman–Crippen MR) is 84.9 cm³/mol. The smallest absolute Gasteiger partial charge is 0.0752 e. The van der Waals surface area contributed by atoms with Gasteiger partial charge in [0.05, 0.1) is 12.7 Å². The van der Waals surface area contributed by atoms with Crippen LogP contribution in [-0.2, 0) is 13.0 Å². The van der Waals surface area contributed by atoms with Crippen LogP contribution in [0, 0.1) is 0 Å². The molecule has 0 aliphatic rings. The van der Waals surface area contributed by atoms with Gasteiger partial charge in [-0.05, 0) is 36.2 Å². The molecule has 2 heterocycles. The van der Waals surface area contributed by atoms with E-state index in [0.717, 1.165) is 29.8 Å². The Morgan fingerprint density at radius 3 is 2.50 bits per heavy atom. The molecule has 2 N–H and O–H groups in total. The van der Waals surface area contributed by atoms with Crippen molar-refractivity contribution in [3.63, 3.8) is 0 Å². The minimum atomic E-state index is 0.784. The van der Waals surface area contributed by atoms with E-state index in [9.17, 15) is 0 Å². The lowest BCUT2D eigenvalue weighted by Gasteiger charge is -1.99. The third kappa shape index (κ3) is 2.75. The van der Waals surface area contributed by atoms with Gasteiger partial charge >= 0.3 is 0 Å². The summed E-state index contributed by atoms with van der Waals surface area (Å²) in [6.07, 6.45) is 5.08. The topological polar surface area (TPSA) is 43.8 Å². The number of aromatic nitrogens is 2. The standard InChI is InChI=1S/C16H17N3S/c1-2-15-7-8-16(20-15)11-19-10-13(9-18-19)12-3-5-14(17)6-4-12/h3-10H,2,11,17H2,1H3. The molecule has 0 radical (unpaired) electrons. The summed E-state index contributed by atoms with van der Waals surface area (Å²) < 4.78 is 1.98. The summed E-state index contributed by atoms with van der Waals surface area (Å²) in [6, 6.07) is 12.3. The summed E-state index contributed by atoms with van der Waals surface area (Å²) >= 11 is 1.86. The Balaban J connectivity index is 1.78. The van der Waals surface area contributed by atoms with Crippen LogP contribution >= 0.6 is 11.3 Å². The minimum absolute atomic E-state index is 0.784. The number of rotatable bonds is 4. The second kappa shape index (κ2) is 5.51. The van der Waals surface area contributed by atoms with Crippen LogP contribution in [0.25, 0.3) is 11.1 Å². The molecule has 0 spiro atoms. The number of thiophene rings is 1. The van der Waals surface area contributed by atoms with Gasteiger partial charge in [-0.1, -0.05) is 19.1 Å². The maximum atomic E-state index is 5.71. The van der Waals surface area contributed by atoms with E-state index in [2.05, 4.69) is 30.4 Å². The Hall–Kier alpha value is -2.07. The van der Waals surface area contributed by atoms with Gasteiger partial charge in [0, 0.05) is 27.2 Å². The monoisotopic (exact) mass is 283 g/mol. The lowest BCUT2D eigenvalue weighted by Crippen LogP contribution is -1.97. The minimum Gasteiger partial charge on any atom is -0.399 e. The van der Waals surface area contributed by atoms with E-state index in [4.69, 9.17) is 5.73 Å². The Kier molecular flexibility index (Phi) is 3.56. The molecule has 0 amide bonds. The van der Waals surface area contributed by atoms with Crippen LogP contribution in [0.3, 0.4) is 0 Å². The van der Waals surface area contributed by atoms with Gasteiger partial charge in [0.15, 0.2) is 0 Å². The van der Waals surface area contributed by atoms with E-state index in [0.29, 0.717) is 0 Å². The first kappa shape index (κ1) is 12.9. The fourth-order valence-electron chi connectivity index (χ4n) is 2.13. The highest BCUT2D eigenvalue weighted by molar-refractivity contribution is 7.11. The van der Waals surface area contributed by atoms with Crippen LogP contribution in [0.1, 0.15) is 16.7 Å². The molecule has 0 atom stereocenters. The molecule has 0 saturated carbocycles. The van der Waals surface area contributed by atoms with Crippen LogP contribution in [0.4, 0.5) is 5.69 Å². The molecular formula is C16H17N3S. The zero-order valence-electron chi connectivity index (χ0n) is 11.4. The highest BCUT2D eigenvalue weighted by Crippen LogP contribution is 2.22. The molecular weight excluding hydrogens is 266 g/mol. The second-order valence-corrected chi connectivity index (χ2v) is 6.02. The van der Waals surface area contributed by atoms with E-state index in [1.165, 1.54) is 9.75 Å². The van der Waals surface area contributed by atoms with E-state index in [1.807, 2.05) is 46.5 Å². The van der Waals surface area contributed by atoms with Crippen molar-refractivity contribution in [1.29, 1.82) is 0 Å². The largest absolute Gasteiger partial charge is 0.399 e. The average Bonchev–Trinajstić information content (AvgIpc) is 3.09. The van der Waals surface area contributed by atoms with Crippen LogP contribution in [0.5, 0.6) is 0 Å². The first-order chi connectivity index (χ1) is 9.74. The van der Waals surface area contributed by atoms with Gasteiger partial charge in [0.25, 0.3) is 0 Å². The molecule has 1 aromatic carbocycles. The first-order valence-electron chi connectivity index (χ1n) is 6.70. The van der Waals surface area contributed by atoms with Gasteiger partial charge in [-0.15, -0.1) is 11.3 Å². The van der Waals surface area contributed by atoms with Crippen molar-refractivity contribution < 1.29 is 0 Å². The van der Waals surface area contributed by atoms with E-state index in [-0.39, 0.29) is 0 Å². The van der Waals surface area contributed by atoms with Crippen molar-refractivity contribution in [2.24, 2.45) is 0 Å². The lowest BCUT2D eigenvalue weighted by atomic mass is 10.1. The van der Waals surface area contributed by atoms with Crippen molar-refractivity contribution in [2.75, 3.05) is 5.73 Å². The number of anilines is 1. The van der Waals surface area contributed by atoms with Crippen LogP contribution in [0.15, 0.2) is 48.8 Å². The zero-order chi connectivity index (χ0) is 13.9. The average molecular weight is 283 g/mol. The molecule has 0 unspecified atom stereocenters. The summed E-state index contributed by atoms with van der Waals surface area (Å²) in [5.41, 5.74) is 8.76. The van der Waals surface area contributed by atoms with Gasteiger partial charge in [-0.25, -0.2) is 0 Å². The Bertz CT molecular complexity index is 695. The van der Waals surface area contributed by atoms with Crippen LogP contribution in [-0.4, -0.2) is 9.78 Å². The van der Waals surface area contributed by atoms with Crippen molar-refractivity contribution in [2.45, 2.75) is 19.9 Å². The van der Waals surface area contributed by atoms with Gasteiger partial charge in [0.1, 0.15) is 0 Å². The highest BCUT2D eigenvalue weighted by atomic mass is 32.1. The Morgan fingerprint density at radius 2 is 1.80 bits per heavy atom. The number of nitrogens with zero attached hydrogens (tertiary/aromatic N) is 2. The molecule has 0 saturated heterocycles. The van der Waals surface area contributed by atoms with Crippen molar-refractivity contribution in [3.8, 4) is 11.1 Å². The number of hydrogen-bond acceptors (Lipinski definition) is 3. The maximum Gasteiger partial charge on any atom is 0.0752 e. The van der Waals surface area contributed by atoms with Gasteiger partial charge in [0.2, 0.25) is 0 Å². The molecule has 3 rings (SSSR count). The fraction of sp³-hybridized carbons (Fsp3) is 0.188. The van der Waals surface area contributed by atoms with E-state index in [1.54, 1.807) is 0 Å². The molecule has 0 aliphatic carbocycles. The summed E-state index contributed by atoms with van der Waals surface area (Å²) in [6.45, 7) is 3.02. The third-order valence-corrected chi connectivity index (χ3v) is 4.48. The molecule has 3 nitrogen and oxygen atoms in total.